The molecule has 2 aromatic carbocycles. The normalized spacial score (nSPS) is 14.2. The van der Waals surface area contributed by atoms with Gasteiger partial charge in [0.1, 0.15) is 11.8 Å². The highest BCUT2D eigenvalue weighted by Crippen LogP contribution is 2.32. The Morgan fingerprint density at radius 3 is 2.58 bits per heavy atom. The van der Waals surface area contributed by atoms with Gasteiger partial charge in [-0.05, 0) is 61.2 Å². The highest BCUT2D eigenvalue weighted by Gasteiger charge is 2.25. The van der Waals surface area contributed by atoms with E-state index in [4.69, 9.17) is 37.4 Å². The van der Waals surface area contributed by atoms with Crippen LogP contribution in [0, 0.1) is 5.92 Å². The first-order valence-corrected chi connectivity index (χ1v) is 11.1. The topological polar surface area (TPSA) is 98.2 Å². The molecule has 3 rings (SSSR count). The monoisotopic (exact) mass is 493 g/mol. The number of nitrogens with one attached hydrogen (secondary N) is 2. The summed E-state index contributed by atoms with van der Waals surface area (Å²) in [5.74, 6) is 0.854. The molecular formula is C23H25Cl2N3O5. The van der Waals surface area contributed by atoms with E-state index >= 15 is 0 Å². The fourth-order valence-corrected chi connectivity index (χ4v) is 3.50. The number of nitrogens with zero attached hydrogens (tertiary/aromatic N) is 1. The number of hydrazone groups is 1. The van der Waals surface area contributed by atoms with Crippen molar-refractivity contribution in [1.82, 2.24) is 10.7 Å². The molecule has 1 aliphatic heterocycles. The van der Waals surface area contributed by atoms with E-state index in [0.29, 0.717) is 28.7 Å². The standard InChI is InChI=1S/C23H25Cl2N3O5/c1-13(2)8-18(27-22(29)14(3)33-19-7-5-16(24)10-17(19)25)23(30)28-26-11-15-4-6-20-21(9-15)32-12-31-20/h4-7,9-11,13-14,18H,8,12H2,1-3H3,(H,27,29)(H,28,30)/b26-11-/t14-,18+/m0/s1. The predicted octanol–water partition coefficient (Wildman–Crippen LogP) is 4.17. The summed E-state index contributed by atoms with van der Waals surface area (Å²) in [6.45, 7) is 5.66. The van der Waals surface area contributed by atoms with Crippen LogP contribution in [-0.2, 0) is 9.59 Å². The lowest BCUT2D eigenvalue weighted by molar-refractivity contribution is -0.132. The molecule has 0 saturated heterocycles. The van der Waals surface area contributed by atoms with Gasteiger partial charge in [-0.1, -0.05) is 37.0 Å². The van der Waals surface area contributed by atoms with Gasteiger partial charge in [-0.2, -0.15) is 5.10 Å². The average Bonchev–Trinajstić information content (AvgIpc) is 3.22. The van der Waals surface area contributed by atoms with Crippen molar-refractivity contribution in [2.24, 2.45) is 11.0 Å². The van der Waals surface area contributed by atoms with Crippen molar-refractivity contribution in [1.29, 1.82) is 0 Å². The van der Waals surface area contributed by atoms with Crippen LogP contribution in [0.15, 0.2) is 41.5 Å². The lowest BCUT2D eigenvalue weighted by atomic mass is 10.0. The molecule has 0 radical (unpaired) electrons. The van der Waals surface area contributed by atoms with Gasteiger partial charge >= 0.3 is 0 Å². The van der Waals surface area contributed by atoms with Gasteiger partial charge in [0.2, 0.25) is 6.79 Å². The Morgan fingerprint density at radius 2 is 1.85 bits per heavy atom. The molecule has 0 saturated carbocycles. The summed E-state index contributed by atoms with van der Waals surface area (Å²) >= 11 is 12.0. The number of rotatable bonds is 9. The molecule has 0 spiro atoms. The van der Waals surface area contributed by atoms with Gasteiger partial charge in [0.25, 0.3) is 11.8 Å². The fourth-order valence-electron chi connectivity index (χ4n) is 3.05. The van der Waals surface area contributed by atoms with Gasteiger partial charge in [-0.3, -0.25) is 9.59 Å². The summed E-state index contributed by atoms with van der Waals surface area (Å²) < 4.78 is 16.2. The largest absolute Gasteiger partial charge is 0.479 e. The van der Waals surface area contributed by atoms with E-state index in [9.17, 15) is 9.59 Å². The molecule has 0 aromatic heterocycles. The minimum Gasteiger partial charge on any atom is -0.479 e. The van der Waals surface area contributed by atoms with Crippen molar-refractivity contribution < 1.29 is 23.8 Å². The first kappa shape index (κ1) is 24.7. The zero-order chi connectivity index (χ0) is 24.0. The van der Waals surface area contributed by atoms with Crippen molar-refractivity contribution in [3.05, 3.63) is 52.0 Å². The van der Waals surface area contributed by atoms with E-state index in [1.165, 1.54) is 12.3 Å². The van der Waals surface area contributed by atoms with E-state index in [2.05, 4.69) is 15.8 Å². The van der Waals surface area contributed by atoms with Crippen LogP contribution in [0.25, 0.3) is 0 Å². The molecule has 0 fully saturated rings. The van der Waals surface area contributed by atoms with Crippen LogP contribution in [0.5, 0.6) is 17.2 Å². The van der Waals surface area contributed by atoms with Crippen LogP contribution in [-0.4, -0.2) is 37.0 Å². The van der Waals surface area contributed by atoms with Crippen LogP contribution in [0.2, 0.25) is 10.0 Å². The Balaban J connectivity index is 1.59. The Bertz CT molecular complexity index is 1040. The number of ether oxygens (including phenoxy) is 3. The summed E-state index contributed by atoms with van der Waals surface area (Å²) in [5.41, 5.74) is 3.21. The molecule has 2 aromatic rings. The summed E-state index contributed by atoms with van der Waals surface area (Å²) in [5, 5.41) is 7.47. The number of hydrogen-bond donors (Lipinski definition) is 2. The molecule has 2 atom stereocenters. The van der Waals surface area contributed by atoms with Gasteiger partial charge in [-0.25, -0.2) is 5.43 Å². The first-order valence-electron chi connectivity index (χ1n) is 10.4. The molecule has 2 N–H and O–H groups in total. The van der Waals surface area contributed by atoms with Crippen LogP contribution < -0.4 is 25.0 Å². The maximum atomic E-state index is 12.7. The number of hydrogen-bond acceptors (Lipinski definition) is 6. The molecule has 10 heteroatoms. The van der Waals surface area contributed by atoms with Gasteiger partial charge < -0.3 is 19.5 Å². The fraction of sp³-hybridized carbons (Fsp3) is 0.348. The van der Waals surface area contributed by atoms with Gasteiger partial charge in [0.05, 0.1) is 11.2 Å². The number of halogens is 2. The summed E-state index contributed by atoms with van der Waals surface area (Å²) in [6, 6.07) is 9.23. The molecule has 8 nitrogen and oxygen atoms in total. The molecule has 176 valence electrons. The predicted molar refractivity (Wildman–Crippen MR) is 126 cm³/mol. The Morgan fingerprint density at radius 1 is 1.09 bits per heavy atom. The van der Waals surface area contributed by atoms with Crippen LogP contribution in [0.1, 0.15) is 32.8 Å². The van der Waals surface area contributed by atoms with Crippen LogP contribution in [0.3, 0.4) is 0 Å². The molecule has 0 aliphatic carbocycles. The number of benzene rings is 2. The molecule has 1 aliphatic rings. The average molecular weight is 494 g/mol. The van der Waals surface area contributed by atoms with Crippen molar-refractivity contribution in [2.45, 2.75) is 39.3 Å². The SMILES string of the molecule is CC(C)C[C@@H](NC(=O)[C@H](C)Oc1ccc(Cl)cc1Cl)C(=O)N/N=C\c1ccc2c(c1)OCO2. The second kappa shape index (κ2) is 11.2. The zero-order valence-corrected chi connectivity index (χ0v) is 19.9. The Labute approximate surface area is 202 Å². The molecule has 33 heavy (non-hydrogen) atoms. The number of amides is 2. The van der Waals surface area contributed by atoms with Crippen molar-refractivity contribution in [3.63, 3.8) is 0 Å². The van der Waals surface area contributed by atoms with E-state index in [0.717, 1.165) is 5.56 Å². The summed E-state index contributed by atoms with van der Waals surface area (Å²) in [4.78, 5) is 25.4. The lowest BCUT2D eigenvalue weighted by Gasteiger charge is -2.22. The third-order valence-electron chi connectivity index (χ3n) is 4.69. The number of fused-ring (bicyclic) bond motifs is 1. The maximum Gasteiger partial charge on any atom is 0.262 e. The third-order valence-corrected chi connectivity index (χ3v) is 5.22. The smallest absolute Gasteiger partial charge is 0.262 e. The number of carbonyl (C=O) groups excluding carboxylic acids is 2. The molecule has 2 amide bonds. The van der Waals surface area contributed by atoms with Gasteiger partial charge in [-0.15, -0.1) is 0 Å². The second-order valence-corrected chi connectivity index (χ2v) is 8.72. The Hall–Kier alpha value is -2.97. The highest BCUT2D eigenvalue weighted by atomic mass is 35.5. The molecular weight excluding hydrogens is 469 g/mol. The van der Waals surface area contributed by atoms with Gasteiger partial charge in [0, 0.05) is 5.02 Å². The van der Waals surface area contributed by atoms with Crippen LogP contribution in [0.4, 0.5) is 0 Å². The lowest BCUT2D eigenvalue weighted by Crippen LogP contribution is -2.49. The Kier molecular flexibility index (Phi) is 8.41. The first-order chi connectivity index (χ1) is 15.7. The summed E-state index contributed by atoms with van der Waals surface area (Å²) in [7, 11) is 0. The van der Waals surface area contributed by atoms with Crippen molar-refractivity contribution in [2.75, 3.05) is 6.79 Å². The highest BCUT2D eigenvalue weighted by molar-refractivity contribution is 6.35. The van der Waals surface area contributed by atoms with E-state index in [1.807, 2.05) is 13.8 Å². The van der Waals surface area contributed by atoms with Crippen molar-refractivity contribution >= 4 is 41.2 Å². The van der Waals surface area contributed by atoms with E-state index in [-0.39, 0.29) is 17.7 Å². The summed E-state index contributed by atoms with van der Waals surface area (Å²) in [6.07, 6.45) is 1.02. The molecule has 0 unspecified atom stereocenters. The second-order valence-electron chi connectivity index (χ2n) is 7.87. The van der Waals surface area contributed by atoms with E-state index < -0.39 is 24.0 Å². The molecule has 0 bridgehead atoms. The minimum absolute atomic E-state index is 0.154. The molecule has 1 heterocycles. The zero-order valence-electron chi connectivity index (χ0n) is 18.4. The quantitative estimate of drug-likeness (QED) is 0.403. The van der Waals surface area contributed by atoms with Gasteiger partial charge in [0.15, 0.2) is 17.6 Å². The minimum atomic E-state index is -0.886. The van der Waals surface area contributed by atoms with Crippen LogP contribution >= 0.6 is 23.2 Å². The van der Waals surface area contributed by atoms with E-state index in [1.54, 1.807) is 37.3 Å². The van der Waals surface area contributed by atoms with Crippen molar-refractivity contribution in [3.8, 4) is 17.2 Å². The third kappa shape index (κ3) is 7.00. The number of carbonyl (C=O) groups is 2. The maximum absolute atomic E-state index is 12.7.